The molecule has 3 aromatic carbocycles. The van der Waals surface area contributed by atoms with Crippen LogP contribution in [0.25, 0.3) is 0 Å². The van der Waals surface area contributed by atoms with Gasteiger partial charge in [-0.1, -0.05) is 24.3 Å². The van der Waals surface area contributed by atoms with E-state index in [-0.39, 0.29) is 71.0 Å². The van der Waals surface area contributed by atoms with Gasteiger partial charge in [-0.05, 0) is 36.4 Å². The number of nitro benzene ring substituents is 1. The van der Waals surface area contributed by atoms with Crippen molar-refractivity contribution in [2.75, 3.05) is 103 Å². The Hall–Kier alpha value is -2.73. The molecule has 2 aliphatic rings. The van der Waals surface area contributed by atoms with E-state index >= 15 is 0 Å². The molecule has 8 N–H and O–H groups in total. The second-order valence-corrected chi connectivity index (χ2v) is 10.6. The molecule has 2 fully saturated rings. The molecular formula is C33H52Cl2N7NaO7. The number of benzene rings is 3. The molecule has 0 aromatic heterocycles. The fourth-order valence-corrected chi connectivity index (χ4v) is 5.29. The summed E-state index contributed by atoms with van der Waals surface area (Å²) in [7, 11) is 3.46. The predicted molar refractivity (Wildman–Crippen MR) is 191 cm³/mol. The standard InChI is InChI=1S/2C13H21N3O.C7H5NO3.2ClH.Na.2H2O/c2*1-17-13-5-3-2-4-12(13)16-10-8-15(7-6-14)9-11-16;9-5-6-1-3-7(4-2-6)8(10)11;;;;;/h2*2-5H,6-11,14H2,1H3;1-5H;2*1H;;2*1H2/q;;;;;+1;;/p-1. The minimum absolute atomic E-state index is 0. The number of anilines is 2. The van der Waals surface area contributed by atoms with Gasteiger partial charge in [0.25, 0.3) is 5.69 Å². The van der Waals surface area contributed by atoms with Crippen LogP contribution in [-0.2, 0) is 0 Å². The molecule has 0 aliphatic carbocycles. The zero-order valence-electron chi connectivity index (χ0n) is 29.3. The number of halogens is 2. The van der Waals surface area contributed by atoms with Crippen molar-refractivity contribution in [2.45, 2.75) is 0 Å². The van der Waals surface area contributed by atoms with E-state index in [9.17, 15) is 14.9 Å². The number of aldehydes is 1. The Bertz CT molecular complexity index is 1250. The molecule has 2 heterocycles. The van der Waals surface area contributed by atoms with Gasteiger partial charge < -0.3 is 54.1 Å². The van der Waals surface area contributed by atoms with Gasteiger partial charge in [0.05, 0.1) is 37.1 Å². The number of hydrogen-bond donors (Lipinski definition) is 2. The predicted octanol–water partition coefficient (Wildman–Crippen LogP) is -4.33. The first-order chi connectivity index (χ1) is 21.9. The number of nitro groups is 1. The summed E-state index contributed by atoms with van der Waals surface area (Å²) >= 11 is 0. The molecule has 0 spiro atoms. The van der Waals surface area contributed by atoms with Crippen molar-refractivity contribution in [2.24, 2.45) is 5.73 Å². The number of rotatable bonds is 10. The Morgan fingerprint density at radius 3 is 1.52 bits per heavy atom. The van der Waals surface area contributed by atoms with E-state index in [2.05, 4.69) is 49.6 Å². The van der Waals surface area contributed by atoms with Crippen LogP contribution in [-0.4, -0.2) is 125 Å². The van der Waals surface area contributed by atoms with Crippen molar-refractivity contribution in [3.63, 3.8) is 0 Å². The molecule has 276 valence electrons. The van der Waals surface area contributed by atoms with Gasteiger partial charge in [-0.2, -0.15) is 0 Å². The molecule has 3 aromatic rings. The average molecular weight is 753 g/mol. The second kappa shape index (κ2) is 28.9. The van der Waals surface area contributed by atoms with Crippen molar-refractivity contribution in [1.82, 2.24) is 9.80 Å². The second-order valence-electron chi connectivity index (χ2n) is 10.6. The van der Waals surface area contributed by atoms with Gasteiger partial charge in [-0.3, -0.25) is 24.7 Å². The van der Waals surface area contributed by atoms with E-state index in [1.165, 1.54) is 35.6 Å². The number of nitrogens with two attached hydrogens (primary N) is 1. The third kappa shape index (κ3) is 16.5. The van der Waals surface area contributed by atoms with Crippen molar-refractivity contribution in [3.05, 3.63) is 88.5 Å². The Morgan fingerprint density at radius 1 is 0.780 bits per heavy atom. The zero-order chi connectivity index (χ0) is 32.4. The molecule has 0 atom stereocenters. The number of ether oxygens (including phenoxy) is 2. The van der Waals surface area contributed by atoms with Crippen LogP contribution in [0.1, 0.15) is 10.4 Å². The number of nitrogens with zero attached hydrogens (tertiary/aromatic N) is 5. The van der Waals surface area contributed by atoms with Crippen LogP contribution in [0.5, 0.6) is 11.5 Å². The summed E-state index contributed by atoms with van der Waals surface area (Å²) in [6.45, 7) is 12.5. The number of carbonyl (C=O) groups is 1. The number of carbonyl (C=O) groups excluding carboxylic acids is 1. The van der Waals surface area contributed by atoms with Gasteiger partial charge >= 0.3 is 29.6 Å². The quantitative estimate of drug-likeness (QED) is 0.0877. The smallest absolute Gasteiger partial charge is 1.00 e. The van der Waals surface area contributed by atoms with Gasteiger partial charge in [0.2, 0.25) is 0 Å². The van der Waals surface area contributed by atoms with Crippen LogP contribution in [0.15, 0.2) is 72.8 Å². The molecule has 0 unspecified atom stereocenters. The van der Waals surface area contributed by atoms with E-state index < -0.39 is 4.92 Å². The Morgan fingerprint density at radius 2 is 1.18 bits per heavy atom. The van der Waals surface area contributed by atoms with E-state index in [0.717, 1.165) is 90.0 Å². The van der Waals surface area contributed by atoms with Crippen molar-refractivity contribution in [1.29, 1.82) is 0 Å². The first-order valence-electron chi connectivity index (χ1n) is 15.3. The summed E-state index contributed by atoms with van der Waals surface area (Å²) in [6.07, 6.45) is 0.643. The number of methoxy groups -OCH3 is 2. The van der Waals surface area contributed by atoms with Crippen LogP contribution in [0.2, 0.25) is 0 Å². The molecule has 50 heavy (non-hydrogen) atoms. The molecule has 2 saturated heterocycles. The van der Waals surface area contributed by atoms with Crippen LogP contribution < -0.4 is 72.7 Å². The largest absolute Gasteiger partial charge is 1.00 e. The van der Waals surface area contributed by atoms with Gasteiger partial charge in [0.15, 0.2) is 0 Å². The maximum atomic E-state index is 10.1. The topological polar surface area (TPSA) is 207 Å². The SMILES string of the molecule is COc1ccccc1N1CCN(CCN)CC1.COc1ccccc1N1CCN(CC[NH3+])CC1.Cl.O.O=Cc1ccc([N+](=O)[O-])cc1.[Cl-].[Na+].[OH-]. The minimum Gasteiger partial charge on any atom is -1.00 e. The normalized spacial score (nSPS) is 13.7. The van der Waals surface area contributed by atoms with Crippen molar-refractivity contribution < 1.29 is 77.8 Å². The minimum atomic E-state index is -0.505. The van der Waals surface area contributed by atoms with Crippen molar-refractivity contribution in [3.8, 4) is 11.5 Å². The number of hydrogen-bond acceptors (Lipinski definition) is 11. The monoisotopic (exact) mass is 751 g/mol. The summed E-state index contributed by atoms with van der Waals surface area (Å²) in [5, 5.41) is 10.1. The Balaban J connectivity index is -0.000000645. The summed E-state index contributed by atoms with van der Waals surface area (Å²) < 4.78 is 10.8. The molecule has 14 nitrogen and oxygen atoms in total. The summed E-state index contributed by atoms with van der Waals surface area (Å²) in [5.74, 6) is 1.93. The van der Waals surface area contributed by atoms with Gasteiger partial charge in [0, 0.05) is 89.7 Å². The number of piperazine rings is 2. The fourth-order valence-electron chi connectivity index (χ4n) is 5.29. The fraction of sp³-hybridized carbons (Fsp3) is 0.424. The number of non-ortho nitro benzene ring substituents is 1. The maximum Gasteiger partial charge on any atom is 1.00 e. The van der Waals surface area contributed by atoms with Gasteiger partial charge in [-0.25, -0.2) is 0 Å². The molecule has 0 radical (unpaired) electrons. The molecule has 2 aliphatic heterocycles. The molecule has 0 saturated carbocycles. The van der Waals surface area contributed by atoms with Gasteiger partial charge in [-0.15, -0.1) is 12.4 Å². The van der Waals surface area contributed by atoms with Crippen LogP contribution in [0, 0.1) is 10.1 Å². The third-order valence-electron chi connectivity index (χ3n) is 7.76. The van der Waals surface area contributed by atoms with Crippen LogP contribution >= 0.6 is 12.4 Å². The van der Waals surface area contributed by atoms with Crippen molar-refractivity contribution >= 4 is 35.8 Å². The summed E-state index contributed by atoms with van der Waals surface area (Å²) in [4.78, 5) is 29.4. The average Bonchev–Trinajstić information content (AvgIpc) is 3.10. The number of quaternary nitrogens is 1. The molecular weight excluding hydrogens is 700 g/mol. The van der Waals surface area contributed by atoms with E-state index in [1.54, 1.807) is 14.2 Å². The van der Waals surface area contributed by atoms with Crippen LogP contribution in [0.3, 0.4) is 0 Å². The van der Waals surface area contributed by atoms with E-state index in [4.69, 9.17) is 15.2 Å². The molecule has 17 heteroatoms. The first kappa shape index (κ1) is 51.6. The van der Waals surface area contributed by atoms with Crippen LogP contribution in [0.4, 0.5) is 17.1 Å². The van der Waals surface area contributed by atoms with E-state index in [1.807, 2.05) is 24.3 Å². The summed E-state index contributed by atoms with van der Waals surface area (Å²) in [5.41, 5.74) is 12.3. The summed E-state index contributed by atoms with van der Waals surface area (Å²) in [6, 6.07) is 21.9. The zero-order valence-corrected chi connectivity index (χ0v) is 32.9. The molecule has 5 rings (SSSR count). The molecule has 0 amide bonds. The Kier molecular flexibility index (Phi) is 29.9. The van der Waals surface area contributed by atoms with Gasteiger partial charge in [0.1, 0.15) is 17.8 Å². The van der Waals surface area contributed by atoms with E-state index in [0.29, 0.717) is 11.8 Å². The first-order valence-corrected chi connectivity index (χ1v) is 15.3. The molecule has 0 bridgehead atoms. The Labute approximate surface area is 329 Å². The third-order valence-corrected chi connectivity index (χ3v) is 7.76. The number of para-hydroxylation sites is 4. The maximum absolute atomic E-state index is 10.1.